The lowest BCUT2D eigenvalue weighted by atomic mass is 10.2. The molecule has 0 radical (unpaired) electrons. The van der Waals surface area contributed by atoms with Crippen LogP contribution < -0.4 is 10.6 Å². The van der Waals surface area contributed by atoms with Crippen molar-refractivity contribution in [2.45, 2.75) is 20.0 Å². The average molecular weight is 377 g/mol. The van der Waals surface area contributed by atoms with Crippen LogP contribution in [0.25, 0.3) is 5.65 Å². The van der Waals surface area contributed by atoms with Crippen molar-refractivity contribution in [3.63, 3.8) is 0 Å². The molecule has 0 aliphatic carbocycles. The second kappa shape index (κ2) is 8.18. The maximum Gasteiger partial charge on any atom is 0.191 e. The van der Waals surface area contributed by atoms with Crippen molar-refractivity contribution in [1.82, 2.24) is 25.2 Å². The number of halogens is 2. The standard InChI is InChI=1S/C17H18Cl2N6/c1-2-20-17(21-10-12-6-7-13(18)9-14(12)19)22-11-16-24-23-15-5-3-4-8-25(15)16/h3-9H,2,10-11H2,1H3,(H2,20,21,22). The third-order valence-electron chi connectivity index (χ3n) is 3.57. The van der Waals surface area contributed by atoms with E-state index < -0.39 is 0 Å². The minimum absolute atomic E-state index is 0.450. The van der Waals surface area contributed by atoms with Gasteiger partial charge in [-0.3, -0.25) is 4.40 Å². The predicted octanol–water partition coefficient (Wildman–Crippen LogP) is 3.29. The maximum absolute atomic E-state index is 6.20. The maximum atomic E-state index is 6.20. The first kappa shape index (κ1) is 17.5. The van der Waals surface area contributed by atoms with E-state index in [-0.39, 0.29) is 0 Å². The molecule has 6 nitrogen and oxygen atoms in total. The summed E-state index contributed by atoms with van der Waals surface area (Å²) in [4.78, 5) is 4.56. The predicted molar refractivity (Wildman–Crippen MR) is 101 cm³/mol. The number of rotatable bonds is 5. The molecular weight excluding hydrogens is 359 g/mol. The molecule has 1 aromatic carbocycles. The largest absolute Gasteiger partial charge is 0.357 e. The van der Waals surface area contributed by atoms with Crippen LogP contribution in [0.15, 0.2) is 47.6 Å². The molecule has 3 aromatic rings. The van der Waals surface area contributed by atoms with Gasteiger partial charge in [0, 0.05) is 22.8 Å². The molecule has 0 spiro atoms. The molecule has 0 unspecified atom stereocenters. The van der Waals surface area contributed by atoms with Gasteiger partial charge in [-0.2, -0.15) is 0 Å². The highest BCUT2D eigenvalue weighted by atomic mass is 35.5. The summed E-state index contributed by atoms with van der Waals surface area (Å²) in [5, 5.41) is 16.0. The smallest absolute Gasteiger partial charge is 0.191 e. The lowest BCUT2D eigenvalue weighted by Gasteiger charge is -2.11. The van der Waals surface area contributed by atoms with E-state index in [0.29, 0.717) is 29.1 Å². The number of aliphatic imine (C=N–C) groups is 1. The van der Waals surface area contributed by atoms with Gasteiger partial charge in [0.15, 0.2) is 17.4 Å². The summed E-state index contributed by atoms with van der Waals surface area (Å²) in [6, 6.07) is 11.2. The van der Waals surface area contributed by atoms with Crippen molar-refractivity contribution < 1.29 is 0 Å². The van der Waals surface area contributed by atoms with Crippen LogP contribution in [0.5, 0.6) is 0 Å². The first-order chi connectivity index (χ1) is 12.2. The van der Waals surface area contributed by atoms with Gasteiger partial charge in [-0.15, -0.1) is 10.2 Å². The number of nitrogens with zero attached hydrogens (tertiary/aromatic N) is 4. The average Bonchev–Trinajstić information content (AvgIpc) is 3.02. The van der Waals surface area contributed by atoms with Crippen LogP contribution in [0, 0.1) is 0 Å². The first-order valence-electron chi connectivity index (χ1n) is 7.92. The lowest BCUT2D eigenvalue weighted by molar-refractivity contribution is 0.765. The lowest BCUT2D eigenvalue weighted by Crippen LogP contribution is -2.37. The molecule has 3 rings (SSSR count). The minimum Gasteiger partial charge on any atom is -0.357 e. The van der Waals surface area contributed by atoms with Crippen molar-refractivity contribution >= 4 is 34.8 Å². The molecule has 2 N–H and O–H groups in total. The summed E-state index contributed by atoms with van der Waals surface area (Å²) in [6.45, 7) is 3.72. The van der Waals surface area contributed by atoms with Gasteiger partial charge >= 0.3 is 0 Å². The zero-order chi connectivity index (χ0) is 17.6. The quantitative estimate of drug-likeness (QED) is 0.529. The van der Waals surface area contributed by atoms with Gasteiger partial charge < -0.3 is 10.6 Å². The highest BCUT2D eigenvalue weighted by Crippen LogP contribution is 2.21. The topological polar surface area (TPSA) is 66.6 Å². The second-order valence-corrected chi connectivity index (χ2v) is 6.17. The molecule has 0 atom stereocenters. The summed E-state index contributed by atoms with van der Waals surface area (Å²) < 4.78 is 1.94. The number of guanidine groups is 1. The van der Waals surface area contributed by atoms with E-state index >= 15 is 0 Å². The number of aromatic nitrogens is 3. The highest BCUT2D eigenvalue weighted by Gasteiger charge is 2.06. The monoisotopic (exact) mass is 376 g/mol. The fourth-order valence-corrected chi connectivity index (χ4v) is 2.80. The Morgan fingerprint density at radius 2 is 2.04 bits per heavy atom. The van der Waals surface area contributed by atoms with Gasteiger partial charge in [-0.05, 0) is 36.8 Å². The highest BCUT2D eigenvalue weighted by molar-refractivity contribution is 6.35. The molecule has 0 bridgehead atoms. The van der Waals surface area contributed by atoms with Crippen LogP contribution in [0.3, 0.4) is 0 Å². The Morgan fingerprint density at radius 1 is 1.16 bits per heavy atom. The number of benzene rings is 1. The van der Waals surface area contributed by atoms with E-state index in [4.69, 9.17) is 23.2 Å². The van der Waals surface area contributed by atoms with Crippen molar-refractivity contribution in [3.05, 3.63) is 64.0 Å². The van der Waals surface area contributed by atoms with E-state index in [9.17, 15) is 0 Å². The van der Waals surface area contributed by atoms with Crippen LogP contribution in [0.2, 0.25) is 10.0 Å². The van der Waals surface area contributed by atoms with Crippen molar-refractivity contribution in [2.24, 2.45) is 4.99 Å². The van der Waals surface area contributed by atoms with Crippen LogP contribution in [0.1, 0.15) is 18.3 Å². The first-order valence-corrected chi connectivity index (χ1v) is 8.67. The SMILES string of the molecule is CCNC(=NCc1ccc(Cl)cc1Cl)NCc1nnc2ccccn12. The fourth-order valence-electron chi connectivity index (χ4n) is 2.33. The molecule has 130 valence electrons. The van der Waals surface area contributed by atoms with Crippen LogP contribution in [0.4, 0.5) is 0 Å². The van der Waals surface area contributed by atoms with E-state index in [1.54, 1.807) is 12.1 Å². The van der Waals surface area contributed by atoms with Crippen LogP contribution in [-0.4, -0.2) is 27.1 Å². The van der Waals surface area contributed by atoms with Gasteiger partial charge in [0.2, 0.25) is 0 Å². The number of nitrogens with one attached hydrogen (secondary N) is 2. The molecule has 0 aliphatic heterocycles. The third kappa shape index (κ3) is 4.41. The molecule has 0 fully saturated rings. The minimum atomic E-state index is 0.450. The van der Waals surface area contributed by atoms with E-state index in [0.717, 1.165) is 23.6 Å². The van der Waals surface area contributed by atoms with Crippen LogP contribution in [-0.2, 0) is 13.1 Å². The molecule has 0 saturated carbocycles. The molecule has 0 amide bonds. The van der Waals surface area contributed by atoms with Gasteiger partial charge in [0.05, 0.1) is 13.1 Å². The molecule has 2 heterocycles. The summed E-state index contributed by atoms with van der Waals surface area (Å²) in [5.41, 5.74) is 1.73. The number of pyridine rings is 1. The zero-order valence-corrected chi connectivity index (χ0v) is 15.2. The van der Waals surface area contributed by atoms with Gasteiger partial charge in [-0.1, -0.05) is 35.3 Å². The van der Waals surface area contributed by atoms with Crippen molar-refractivity contribution in [1.29, 1.82) is 0 Å². The van der Waals surface area contributed by atoms with E-state index in [1.807, 2.05) is 41.8 Å². The summed E-state index contributed by atoms with van der Waals surface area (Å²) in [6.07, 6.45) is 1.93. The number of hydrogen-bond acceptors (Lipinski definition) is 3. The Labute approximate surface area is 155 Å². The van der Waals surface area contributed by atoms with Gasteiger partial charge in [0.25, 0.3) is 0 Å². The number of hydrogen-bond donors (Lipinski definition) is 2. The molecule has 25 heavy (non-hydrogen) atoms. The van der Waals surface area contributed by atoms with Gasteiger partial charge in [0.1, 0.15) is 0 Å². The van der Waals surface area contributed by atoms with E-state index in [2.05, 4.69) is 25.8 Å². The number of fused-ring (bicyclic) bond motifs is 1. The third-order valence-corrected chi connectivity index (χ3v) is 4.15. The summed E-state index contributed by atoms with van der Waals surface area (Å²) in [7, 11) is 0. The van der Waals surface area contributed by atoms with E-state index in [1.165, 1.54) is 0 Å². The fraction of sp³-hybridized carbons (Fsp3) is 0.235. The Bertz CT molecular complexity index is 890. The molecule has 2 aromatic heterocycles. The van der Waals surface area contributed by atoms with Crippen molar-refractivity contribution in [3.8, 4) is 0 Å². The Morgan fingerprint density at radius 3 is 2.84 bits per heavy atom. The van der Waals surface area contributed by atoms with Gasteiger partial charge in [-0.25, -0.2) is 4.99 Å². The second-order valence-electron chi connectivity index (χ2n) is 5.33. The molecular formula is C17H18Cl2N6. The van der Waals surface area contributed by atoms with Crippen LogP contribution >= 0.6 is 23.2 Å². The van der Waals surface area contributed by atoms with Crippen molar-refractivity contribution in [2.75, 3.05) is 6.54 Å². The normalized spacial score (nSPS) is 11.7. The molecule has 8 heteroatoms. The Balaban J connectivity index is 1.70. The molecule has 0 saturated heterocycles. The Kier molecular flexibility index (Phi) is 5.73. The molecule has 0 aliphatic rings. The zero-order valence-electron chi connectivity index (χ0n) is 13.7. The summed E-state index contributed by atoms with van der Waals surface area (Å²) >= 11 is 12.1. The Hall–Kier alpha value is -2.31. The summed E-state index contributed by atoms with van der Waals surface area (Å²) in [5.74, 6) is 1.49.